The monoisotopic (exact) mass is 582 g/mol. The summed E-state index contributed by atoms with van der Waals surface area (Å²) in [7, 11) is 2.93. The molecule has 0 atom stereocenters. The van der Waals surface area contributed by atoms with Crippen molar-refractivity contribution in [1.29, 1.82) is 0 Å². The first-order chi connectivity index (χ1) is 20.6. The predicted molar refractivity (Wildman–Crippen MR) is 177 cm³/mol. The molecule has 0 fully saturated rings. The normalized spacial score (nSPS) is 11.3. The van der Waals surface area contributed by atoms with Gasteiger partial charge in [-0.3, -0.25) is 4.79 Å². The number of hydrogen-bond donors (Lipinski definition) is 1. The summed E-state index contributed by atoms with van der Waals surface area (Å²) in [6.07, 6.45) is 8.66. The van der Waals surface area contributed by atoms with Crippen LogP contribution in [-0.2, 0) is 4.79 Å². The van der Waals surface area contributed by atoms with Gasteiger partial charge in [0, 0.05) is 12.6 Å². The molecule has 0 aliphatic rings. The van der Waals surface area contributed by atoms with E-state index in [-0.39, 0.29) is 5.91 Å². The van der Waals surface area contributed by atoms with E-state index in [0.717, 1.165) is 37.4 Å². The van der Waals surface area contributed by atoms with Crippen LogP contribution >= 0.6 is 7.26 Å². The first-order valence-corrected chi connectivity index (χ1v) is 16.4. The Kier molecular flexibility index (Phi) is 11.6. The fraction of sp³-hybridized carbons (Fsp3) is 0.250. The average Bonchev–Trinajstić information content (AvgIpc) is 3.05. The van der Waals surface area contributed by atoms with Gasteiger partial charge in [0.1, 0.15) is 23.2 Å². The minimum absolute atomic E-state index is 0.120. The van der Waals surface area contributed by atoms with Crippen molar-refractivity contribution in [3.05, 3.63) is 115 Å². The molecule has 0 saturated carbocycles. The third-order valence-corrected chi connectivity index (χ3v) is 12.0. The Bertz CT molecular complexity index is 1300. The highest BCUT2D eigenvalue weighted by Crippen LogP contribution is 2.56. The van der Waals surface area contributed by atoms with Crippen molar-refractivity contribution < 1.29 is 19.0 Å². The summed E-state index contributed by atoms with van der Waals surface area (Å²) < 4.78 is 16.2. The zero-order valence-electron chi connectivity index (χ0n) is 24.8. The second-order valence-electron chi connectivity index (χ2n) is 10.0. The number of amides is 1. The number of ether oxygens (including phenoxy) is 3. The van der Waals surface area contributed by atoms with Gasteiger partial charge in [0.05, 0.1) is 27.5 Å². The average molecular weight is 583 g/mol. The van der Waals surface area contributed by atoms with Gasteiger partial charge in [-0.15, -0.1) is 0 Å². The molecule has 0 bridgehead atoms. The number of nitrogens with one attached hydrogen (secondary N) is 1. The first-order valence-electron chi connectivity index (χ1n) is 14.4. The maximum atomic E-state index is 12.5. The molecular formula is C36H41NO4P+. The zero-order valence-corrected chi connectivity index (χ0v) is 25.7. The molecule has 4 rings (SSSR count). The van der Waals surface area contributed by atoms with Gasteiger partial charge in [0.25, 0.3) is 0 Å². The number of rotatable bonds is 15. The Balaban J connectivity index is 1.33. The van der Waals surface area contributed by atoms with Crippen LogP contribution in [0.5, 0.6) is 17.2 Å². The molecule has 0 unspecified atom stereocenters. The molecule has 6 heteroatoms. The Labute approximate surface area is 250 Å². The maximum absolute atomic E-state index is 12.5. The van der Waals surface area contributed by atoms with Crippen LogP contribution in [0.25, 0.3) is 6.08 Å². The SMILES string of the molecule is COc1cc(C=CC(=O)NCCCCCC[P+](c2ccccc2)(c2ccccc2)c2ccccc2)cc(OC)c1OC. The van der Waals surface area contributed by atoms with Crippen LogP contribution in [0.2, 0.25) is 0 Å². The van der Waals surface area contributed by atoms with E-state index in [2.05, 4.69) is 96.3 Å². The van der Waals surface area contributed by atoms with Gasteiger partial charge in [-0.05, 0) is 79.4 Å². The first kappa shape index (κ1) is 30.9. The zero-order chi connectivity index (χ0) is 29.6. The van der Waals surface area contributed by atoms with Gasteiger partial charge in [-0.1, -0.05) is 61.0 Å². The molecule has 0 aliphatic carbocycles. The molecule has 1 N–H and O–H groups in total. The third-order valence-electron chi connectivity index (χ3n) is 7.42. The van der Waals surface area contributed by atoms with Crippen LogP contribution < -0.4 is 35.4 Å². The summed E-state index contributed by atoms with van der Waals surface area (Å²) in [6, 6.07) is 36.7. The summed E-state index contributed by atoms with van der Waals surface area (Å²) in [5.41, 5.74) is 0.793. The fourth-order valence-electron chi connectivity index (χ4n) is 5.35. The molecule has 5 nitrogen and oxygen atoms in total. The Hall–Kier alpha value is -4.08. The Morgan fingerprint density at radius 3 is 1.60 bits per heavy atom. The lowest BCUT2D eigenvalue weighted by atomic mass is 10.1. The highest BCUT2D eigenvalue weighted by atomic mass is 31.2. The van der Waals surface area contributed by atoms with Gasteiger partial charge in [0.15, 0.2) is 11.5 Å². The van der Waals surface area contributed by atoms with Crippen LogP contribution in [0.4, 0.5) is 0 Å². The van der Waals surface area contributed by atoms with Crippen LogP contribution in [0, 0.1) is 0 Å². The number of benzene rings is 4. The van der Waals surface area contributed by atoms with E-state index in [1.807, 2.05) is 12.1 Å². The van der Waals surface area contributed by atoms with Gasteiger partial charge in [0.2, 0.25) is 11.7 Å². The van der Waals surface area contributed by atoms with Crippen molar-refractivity contribution in [3.8, 4) is 17.2 Å². The van der Waals surface area contributed by atoms with Gasteiger partial charge in [-0.2, -0.15) is 0 Å². The van der Waals surface area contributed by atoms with Crippen molar-refractivity contribution >= 4 is 35.2 Å². The minimum Gasteiger partial charge on any atom is -0.493 e. The minimum atomic E-state index is -1.78. The number of unbranched alkanes of at least 4 members (excludes halogenated alkanes) is 3. The van der Waals surface area contributed by atoms with Crippen LogP contribution in [-0.4, -0.2) is 39.9 Å². The molecule has 4 aromatic rings. The van der Waals surface area contributed by atoms with Crippen molar-refractivity contribution in [1.82, 2.24) is 5.32 Å². The summed E-state index contributed by atoms with van der Waals surface area (Å²) >= 11 is 0. The molecular weight excluding hydrogens is 541 g/mol. The number of carbonyl (C=O) groups excluding carboxylic acids is 1. The maximum Gasteiger partial charge on any atom is 0.243 e. The van der Waals surface area contributed by atoms with E-state index in [4.69, 9.17) is 14.2 Å². The predicted octanol–water partition coefficient (Wildman–Crippen LogP) is 6.40. The number of methoxy groups -OCH3 is 3. The van der Waals surface area contributed by atoms with E-state index in [1.54, 1.807) is 33.5 Å². The van der Waals surface area contributed by atoms with E-state index in [0.29, 0.717) is 23.8 Å². The Morgan fingerprint density at radius 2 is 1.14 bits per heavy atom. The molecule has 0 heterocycles. The van der Waals surface area contributed by atoms with Gasteiger partial charge in [-0.25, -0.2) is 0 Å². The van der Waals surface area contributed by atoms with E-state index in [1.165, 1.54) is 15.9 Å². The van der Waals surface area contributed by atoms with Crippen molar-refractivity contribution in [2.75, 3.05) is 34.0 Å². The number of carbonyl (C=O) groups is 1. The molecule has 0 aromatic heterocycles. The Morgan fingerprint density at radius 1 is 0.667 bits per heavy atom. The van der Waals surface area contributed by atoms with Crippen molar-refractivity contribution in [3.63, 3.8) is 0 Å². The van der Waals surface area contributed by atoms with Crippen LogP contribution in [0.1, 0.15) is 31.2 Å². The van der Waals surface area contributed by atoms with Gasteiger partial charge < -0.3 is 19.5 Å². The summed E-state index contributed by atoms with van der Waals surface area (Å²) in [6.45, 7) is 0.648. The van der Waals surface area contributed by atoms with Crippen molar-refractivity contribution in [2.45, 2.75) is 25.7 Å². The van der Waals surface area contributed by atoms with E-state index in [9.17, 15) is 4.79 Å². The lowest BCUT2D eigenvalue weighted by Crippen LogP contribution is -2.33. The second-order valence-corrected chi connectivity index (χ2v) is 13.7. The largest absolute Gasteiger partial charge is 0.493 e. The smallest absolute Gasteiger partial charge is 0.243 e. The highest BCUT2D eigenvalue weighted by Gasteiger charge is 2.44. The number of hydrogen-bond acceptors (Lipinski definition) is 4. The standard InChI is InChI=1S/C36H40NO4P/c1-39-33-27-29(28-34(40-2)36(33)41-3)23-24-35(38)37-25-15-4-5-16-26-42(30-17-9-6-10-18-30,31-19-11-7-12-20-31)32-21-13-8-14-22-32/h6-14,17-24,27-28H,4-5,15-16,25-26H2,1-3H3/p+1. The molecule has 0 spiro atoms. The lowest BCUT2D eigenvalue weighted by molar-refractivity contribution is -0.116. The molecule has 0 radical (unpaired) electrons. The quantitative estimate of drug-likeness (QED) is 0.100. The molecule has 1 amide bonds. The summed E-state index contributed by atoms with van der Waals surface area (Å²) in [5, 5.41) is 7.29. The van der Waals surface area contributed by atoms with E-state index < -0.39 is 7.26 Å². The fourth-order valence-corrected chi connectivity index (χ4v) is 9.76. The molecule has 0 aliphatic heterocycles. The summed E-state index contributed by atoms with van der Waals surface area (Å²) in [4.78, 5) is 12.5. The van der Waals surface area contributed by atoms with Crippen LogP contribution in [0.15, 0.2) is 109 Å². The molecule has 42 heavy (non-hydrogen) atoms. The topological polar surface area (TPSA) is 56.8 Å². The third kappa shape index (κ3) is 7.60. The lowest BCUT2D eigenvalue weighted by Gasteiger charge is -2.27. The van der Waals surface area contributed by atoms with E-state index >= 15 is 0 Å². The molecule has 4 aromatic carbocycles. The molecule has 0 saturated heterocycles. The molecule has 218 valence electrons. The van der Waals surface area contributed by atoms with Crippen molar-refractivity contribution in [2.24, 2.45) is 0 Å². The van der Waals surface area contributed by atoms with Crippen LogP contribution in [0.3, 0.4) is 0 Å². The van der Waals surface area contributed by atoms with Gasteiger partial charge >= 0.3 is 0 Å². The highest BCUT2D eigenvalue weighted by molar-refractivity contribution is 7.95. The summed E-state index contributed by atoms with van der Waals surface area (Å²) in [5.74, 6) is 1.51. The second kappa shape index (κ2) is 15.8.